The Balaban J connectivity index is 4.36. The Morgan fingerprint density at radius 1 is 0.652 bits per heavy atom. The minimum Gasteiger partial charge on any atom is -0.415 e. The summed E-state index contributed by atoms with van der Waals surface area (Å²) in [6, 6.07) is 0. The highest BCUT2D eigenvalue weighted by molar-refractivity contribution is 6.84. The Bertz CT molecular complexity index is 325. The van der Waals surface area contributed by atoms with Crippen molar-refractivity contribution in [1.82, 2.24) is 0 Å². The first-order valence-electron chi connectivity index (χ1n) is 8.44. The van der Waals surface area contributed by atoms with Crippen molar-refractivity contribution in [2.24, 2.45) is 0 Å². The third-order valence-corrected chi connectivity index (χ3v) is 12.7. The predicted octanol–water partition coefficient (Wildman–Crippen LogP) is 5.09. The minimum atomic E-state index is -2.28. The van der Waals surface area contributed by atoms with Gasteiger partial charge in [-0.2, -0.15) is 0 Å². The topological polar surface area (TPSA) is 36.9 Å². The maximum atomic E-state index is 6.31. The fourth-order valence-corrected chi connectivity index (χ4v) is 14.1. The van der Waals surface area contributed by atoms with Crippen molar-refractivity contribution in [3.8, 4) is 0 Å². The van der Waals surface area contributed by atoms with Gasteiger partial charge in [0.05, 0.1) is 0 Å². The van der Waals surface area contributed by atoms with Crippen LogP contribution in [0, 0.1) is 0 Å². The van der Waals surface area contributed by atoms with Crippen LogP contribution in [0.4, 0.5) is 0 Å². The summed E-state index contributed by atoms with van der Waals surface area (Å²) in [5, 5.41) is 0. The third kappa shape index (κ3) is 13.0. The van der Waals surface area contributed by atoms with Gasteiger partial charge in [0.25, 0.3) is 0 Å². The first-order chi connectivity index (χ1) is 10.5. The van der Waals surface area contributed by atoms with Gasteiger partial charge in [0, 0.05) is 13.2 Å². The highest BCUT2D eigenvalue weighted by Crippen LogP contribution is 2.22. The maximum absolute atomic E-state index is 6.31. The fourth-order valence-electron chi connectivity index (χ4n) is 2.35. The Labute approximate surface area is 146 Å². The highest BCUT2D eigenvalue weighted by Gasteiger charge is 2.41. The first-order valence-corrected chi connectivity index (χ1v) is 16.9. The van der Waals surface area contributed by atoms with E-state index >= 15 is 0 Å². The van der Waals surface area contributed by atoms with Crippen molar-refractivity contribution in [1.29, 1.82) is 0 Å². The Morgan fingerprint density at radius 3 is 1.30 bits per heavy atom. The van der Waals surface area contributed by atoms with Crippen LogP contribution in [0.5, 0.6) is 0 Å². The lowest BCUT2D eigenvalue weighted by molar-refractivity contribution is 0.202. The summed E-state index contributed by atoms with van der Waals surface area (Å²) >= 11 is 0. The zero-order valence-corrected chi connectivity index (χ0v) is 18.9. The summed E-state index contributed by atoms with van der Waals surface area (Å²) in [6.07, 6.45) is 7.74. The Hall–Kier alpha value is -0.0294. The summed E-state index contributed by atoms with van der Waals surface area (Å²) < 4.78 is 24.6. The lowest BCUT2D eigenvalue weighted by atomic mass is 10.3. The van der Waals surface area contributed by atoms with Gasteiger partial charge in [-0.15, -0.1) is 13.2 Å². The lowest BCUT2D eigenvalue weighted by Crippen LogP contribution is -2.54. The van der Waals surface area contributed by atoms with Crippen molar-refractivity contribution in [3.63, 3.8) is 0 Å². The molecule has 23 heavy (non-hydrogen) atoms. The standard InChI is InChI=1S/C16H36O4Si3/c1-9-11-13-15-17-21(3,4)19-23(7,8)20-22(5,6)18-16-14-12-10-2/h9-10H,1-2,11-16H2,3-8H3. The van der Waals surface area contributed by atoms with Gasteiger partial charge in [-0.05, 0) is 65.0 Å². The number of rotatable bonds is 14. The van der Waals surface area contributed by atoms with Gasteiger partial charge in [-0.25, -0.2) is 0 Å². The Kier molecular flexibility index (Phi) is 10.7. The van der Waals surface area contributed by atoms with Crippen LogP contribution in [0.15, 0.2) is 25.3 Å². The first kappa shape index (κ1) is 23.0. The molecule has 0 aromatic carbocycles. The second-order valence-corrected chi connectivity index (χ2v) is 17.6. The predicted molar refractivity (Wildman–Crippen MR) is 105 cm³/mol. The number of allylic oxidation sites excluding steroid dienone is 2. The third-order valence-electron chi connectivity index (χ3n) is 2.99. The monoisotopic (exact) mass is 376 g/mol. The average Bonchev–Trinajstić information content (AvgIpc) is 2.37. The zero-order chi connectivity index (χ0) is 18.0. The molecule has 0 unspecified atom stereocenters. The molecule has 0 aromatic heterocycles. The van der Waals surface area contributed by atoms with Crippen LogP contribution in [0.3, 0.4) is 0 Å². The Morgan fingerprint density at radius 2 is 1.00 bits per heavy atom. The van der Waals surface area contributed by atoms with E-state index in [1.54, 1.807) is 0 Å². The molecule has 4 nitrogen and oxygen atoms in total. The molecule has 0 heterocycles. The maximum Gasteiger partial charge on any atom is 0.322 e. The van der Waals surface area contributed by atoms with Crippen LogP contribution in [-0.4, -0.2) is 38.9 Å². The van der Waals surface area contributed by atoms with Crippen LogP contribution in [0.1, 0.15) is 25.7 Å². The highest BCUT2D eigenvalue weighted by atomic mass is 28.5. The van der Waals surface area contributed by atoms with E-state index in [1.807, 2.05) is 12.2 Å². The van der Waals surface area contributed by atoms with Crippen LogP contribution < -0.4 is 0 Å². The second kappa shape index (κ2) is 10.8. The van der Waals surface area contributed by atoms with Crippen molar-refractivity contribution >= 4 is 25.7 Å². The molecular formula is C16H36O4Si3. The van der Waals surface area contributed by atoms with E-state index in [0.29, 0.717) is 13.2 Å². The van der Waals surface area contributed by atoms with Gasteiger partial charge < -0.3 is 17.1 Å². The molecule has 0 spiro atoms. The molecule has 0 saturated carbocycles. The molecule has 0 rings (SSSR count). The van der Waals surface area contributed by atoms with Crippen molar-refractivity contribution in [2.75, 3.05) is 13.2 Å². The summed E-state index contributed by atoms with van der Waals surface area (Å²) in [5.41, 5.74) is 0. The number of hydrogen-bond acceptors (Lipinski definition) is 4. The molecule has 0 atom stereocenters. The van der Waals surface area contributed by atoms with Crippen molar-refractivity contribution < 1.29 is 17.1 Å². The zero-order valence-electron chi connectivity index (χ0n) is 15.9. The normalized spacial score (nSPS) is 13.1. The van der Waals surface area contributed by atoms with Crippen LogP contribution in [0.25, 0.3) is 0 Å². The average molecular weight is 377 g/mol. The van der Waals surface area contributed by atoms with Gasteiger partial charge in [0.15, 0.2) is 0 Å². The van der Waals surface area contributed by atoms with Gasteiger partial charge >= 0.3 is 25.7 Å². The molecule has 0 radical (unpaired) electrons. The summed E-state index contributed by atoms with van der Waals surface area (Å²) in [4.78, 5) is 0. The molecule has 0 fully saturated rings. The molecule has 0 amide bonds. The fraction of sp³-hybridized carbons (Fsp3) is 0.750. The molecule has 0 aliphatic rings. The van der Waals surface area contributed by atoms with E-state index in [4.69, 9.17) is 17.1 Å². The van der Waals surface area contributed by atoms with E-state index < -0.39 is 25.7 Å². The molecule has 0 saturated heterocycles. The molecule has 0 N–H and O–H groups in total. The lowest BCUT2D eigenvalue weighted by Gasteiger charge is -2.37. The van der Waals surface area contributed by atoms with E-state index in [-0.39, 0.29) is 0 Å². The largest absolute Gasteiger partial charge is 0.415 e. The van der Waals surface area contributed by atoms with Crippen LogP contribution >= 0.6 is 0 Å². The summed E-state index contributed by atoms with van der Waals surface area (Å²) in [7, 11) is -6.63. The van der Waals surface area contributed by atoms with Crippen molar-refractivity contribution in [2.45, 2.75) is 65.0 Å². The van der Waals surface area contributed by atoms with Gasteiger partial charge in [-0.1, -0.05) is 12.2 Å². The number of hydrogen-bond donors (Lipinski definition) is 0. The molecule has 0 aliphatic heterocycles. The van der Waals surface area contributed by atoms with Crippen LogP contribution in [0.2, 0.25) is 39.3 Å². The van der Waals surface area contributed by atoms with Gasteiger partial charge in [0.1, 0.15) is 0 Å². The minimum absolute atomic E-state index is 0.717. The van der Waals surface area contributed by atoms with Gasteiger partial charge in [0.2, 0.25) is 0 Å². The molecule has 136 valence electrons. The molecule has 0 bridgehead atoms. The SMILES string of the molecule is C=CCCCO[Si](C)(C)O[Si](C)(C)O[Si](C)(C)OCCCC=C. The molecule has 0 aliphatic carbocycles. The van der Waals surface area contributed by atoms with Crippen molar-refractivity contribution in [3.05, 3.63) is 25.3 Å². The van der Waals surface area contributed by atoms with E-state index in [2.05, 4.69) is 52.4 Å². The molecule has 7 heteroatoms. The molecular weight excluding hydrogens is 340 g/mol. The smallest absolute Gasteiger partial charge is 0.322 e. The summed E-state index contributed by atoms with van der Waals surface area (Å²) in [5.74, 6) is 0. The van der Waals surface area contributed by atoms with E-state index in [1.165, 1.54) is 0 Å². The van der Waals surface area contributed by atoms with E-state index in [0.717, 1.165) is 25.7 Å². The summed E-state index contributed by atoms with van der Waals surface area (Å²) in [6.45, 7) is 21.4. The quantitative estimate of drug-likeness (QED) is 0.240. The van der Waals surface area contributed by atoms with Gasteiger partial charge in [-0.3, -0.25) is 0 Å². The second-order valence-electron chi connectivity index (χ2n) is 6.96. The van der Waals surface area contributed by atoms with E-state index in [9.17, 15) is 0 Å². The molecule has 0 aromatic rings. The van der Waals surface area contributed by atoms with Crippen LogP contribution in [-0.2, 0) is 17.1 Å². The number of unbranched alkanes of at least 4 members (excludes halogenated alkanes) is 2.